The normalized spacial score (nSPS) is 16.6. The summed E-state index contributed by atoms with van der Waals surface area (Å²) < 4.78 is 12.4. The van der Waals surface area contributed by atoms with E-state index in [1.54, 1.807) is 23.8 Å². The molecule has 1 aliphatic heterocycles. The maximum absolute atomic E-state index is 12.4. The number of benzene rings is 1. The van der Waals surface area contributed by atoms with E-state index in [1.807, 2.05) is 31.2 Å². The first-order valence-corrected chi connectivity index (χ1v) is 8.57. The highest BCUT2D eigenvalue weighted by Crippen LogP contribution is 2.28. The Bertz CT molecular complexity index is 789. The summed E-state index contributed by atoms with van der Waals surface area (Å²) in [5.41, 5.74) is 7.70. The number of aryl methyl sites for hydroxylation is 1. The fourth-order valence-corrected chi connectivity index (χ4v) is 3.08. The smallest absolute Gasteiger partial charge is 0.323 e. The Balaban J connectivity index is 1.76. The molecule has 8 heteroatoms. The molecule has 0 spiro atoms. The molecule has 26 heavy (non-hydrogen) atoms. The zero-order valence-corrected chi connectivity index (χ0v) is 15.4. The third-order valence-electron chi connectivity index (χ3n) is 4.43. The number of methoxy groups -OCH3 is 2. The van der Waals surface area contributed by atoms with E-state index < -0.39 is 0 Å². The van der Waals surface area contributed by atoms with Gasteiger partial charge in [-0.05, 0) is 31.0 Å². The molecule has 0 radical (unpaired) electrons. The first kappa shape index (κ1) is 18.1. The molecule has 0 saturated carbocycles. The van der Waals surface area contributed by atoms with Crippen LogP contribution in [0.4, 0.5) is 10.6 Å². The summed E-state index contributed by atoms with van der Waals surface area (Å²) in [5.74, 6) is 1.99. The third-order valence-corrected chi connectivity index (χ3v) is 4.43. The Morgan fingerprint density at radius 1 is 1.31 bits per heavy atom. The van der Waals surface area contributed by atoms with Crippen LogP contribution >= 0.6 is 0 Å². The molecule has 0 aliphatic carbocycles. The van der Waals surface area contributed by atoms with E-state index in [0.717, 1.165) is 17.7 Å². The van der Waals surface area contributed by atoms with Gasteiger partial charge in [-0.15, -0.1) is 0 Å². The molecule has 1 aliphatic rings. The number of nitrogens with two attached hydrogens (primary N) is 1. The molecule has 1 fully saturated rings. The number of anilines is 1. The lowest BCUT2D eigenvalue weighted by Gasteiger charge is -2.17. The van der Waals surface area contributed by atoms with Gasteiger partial charge in [-0.25, -0.2) is 9.48 Å². The number of nitrogens with one attached hydrogen (secondary N) is 1. The van der Waals surface area contributed by atoms with Gasteiger partial charge in [-0.1, -0.05) is 6.07 Å². The minimum Gasteiger partial charge on any atom is -0.493 e. The van der Waals surface area contributed by atoms with Crippen molar-refractivity contribution in [1.29, 1.82) is 0 Å². The van der Waals surface area contributed by atoms with E-state index in [4.69, 9.17) is 15.2 Å². The first-order chi connectivity index (χ1) is 12.5. The second-order valence-electron chi connectivity index (χ2n) is 6.44. The van der Waals surface area contributed by atoms with Gasteiger partial charge in [0.05, 0.1) is 26.5 Å². The number of amides is 2. The minimum atomic E-state index is -0.147. The molecule has 1 atom stereocenters. The number of hydrogen-bond acceptors (Lipinski definition) is 5. The summed E-state index contributed by atoms with van der Waals surface area (Å²) in [4.78, 5) is 14.2. The summed E-state index contributed by atoms with van der Waals surface area (Å²) >= 11 is 0. The highest BCUT2D eigenvalue weighted by molar-refractivity contribution is 5.88. The van der Waals surface area contributed by atoms with Crippen LogP contribution < -0.4 is 20.5 Å². The van der Waals surface area contributed by atoms with Crippen molar-refractivity contribution in [2.45, 2.75) is 25.9 Å². The second kappa shape index (κ2) is 7.65. The molecule has 2 heterocycles. The van der Waals surface area contributed by atoms with E-state index in [9.17, 15) is 4.79 Å². The van der Waals surface area contributed by atoms with Gasteiger partial charge >= 0.3 is 6.03 Å². The Morgan fingerprint density at radius 2 is 2.08 bits per heavy atom. The monoisotopic (exact) mass is 359 g/mol. The first-order valence-electron chi connectivity index (χ1n) is 8.57. The van der Waals surface area contributed by atoms with Gasteiger partial charge in [0.2, 0.25) is 0 Å². The highest BCUT2D eigenvalue weighted by atomic mass is 16.5. The largest absolute Gasteiger partial charge is 0.493 e. The number of likely N-dealkylation sites (tertiary alicyclic amines) is 1. The molecule has 0 bridgehead atoms. The van der Waals surface area contributed by atoms with Crippen LogP contribution in [-0.2, 0) is 6.54 Å². The predicted molar refractivity (Wildman–Crippen MR) is 98.8 cm³/mol. The van der Waals surface area contributed by atoms with Gasteiger partial charge in [-0.3, -0.25) is 5.32 Å². The molecule has 1 aromatic heterocycles. The second-order valence-corrected chi connectivity index (χ2v) is 6.44. The van der Waals surface area contributed by atoms with Crippen molar-refractivity contribution >= 4 is 11.8 Å². The van der Waals surface area contributed by atoms with Crippen molar-refractivity contribution in [3.05, 3.63) is 35.5 Å². The van der Waals surface area contributed by atoms with Crippen molar-refractivity contribution in [2.24, 2.45) is 5.73 Å². The summed E-state index contributed by atoms with van der Waals surface area (Å²) in [6.07, 6.45) is 0.831. The van der Waals surface area contributed by atoms with Crippen molar-refractivity contribution in [1.82, 2.24) is 14.7 Å². The molecule has 3 N–H and O–H groups in total. The van der Waals surface area contributed by atoms with Crippen LogP contribution in [0.25, 0.3) is 0 Å². The Labute approximate surface area is 152 Å². The van der Waals surface area contributed by atoms with Crippen LogP contribution in [0.3, 0.4) is 0 Å². The van der Waals surface area contributed by atoms with Crippen LogP contribution in [0.1, 0.15) is 17.7 Å². The number of carbonyl (C=O) groups is 1. The van der Waals surface area contributed by atoms with E-state index in [-0.39, 0.29) is 12.1 Å². The van der Waals surface area contributed by atoms with Crippen LogP contribution in [-0.4, -0.2) is 54.1 Å². The quantitative estimate of drug-likeness (QED) is 0.849. The van der Waals surface area contributed by atoms with Crippen LogP contribution in [0.15, 0.2) is 24.3 Å². The highest BCUT2D eigenvalue weighted by Gasteiger charge is 2.24. The standard InChI is InChI=1S/C18H25N5O3/c1-12-8-17(20-18(24)22-7-6-14(19)11-22)23(21-12)10-13-4-5-15(25-2)16(9-13)26-3/h4-5,8-9,14H,6-7,10-11,19H2,1-3H3,(H,20,24). The average molecular weight is 359 g/mol. The van der Waals surface area contributed by atoms with Gasteiger partial charge < -0.3 is 20.1 Å². The van der Waals surface area contributed by atoms with Crippen LogP contribution in [0.5, 0.6) is 11.5 Å². The van der Waals surface area contributed by atoms with Gasteiger partial charge in [0.15, 0.2) is 11.5 Å². The lowest BCUT2D eigenvalue weighted by atomic mass is 10.2. The van der Waals surface area contributed by atoms with E-state index in [2.05, 4.69) is 10.4 Å². The molecule has 3 rings (SSSR count). The number of aromatic nitrogens is 2. The number of nitrogens with zero attached hydrogens (tertiary/aromatic N) is 3. The molecule has 1 saturated heterocycles. The summed E-state index contributed by atoms with van der Waals surface area (Å²) in [5, 5.41) is 7.43. The Morgan fingerprint density at radius 3 is 2.73 bits per heavy atom. The number of ether oxygens (including phenoxy) is 2. The van der Waals surface area contributed by atoms with Crippen LogP contribution in [0.2, 0.25) is 0 Å². The maximum atomic E-state index is 12.4. The molecule has 2 aromatic rings. The van der Waals surface area contributed by atoms with Crippen molar-refractivity contribution in [3.63, 3.8) is 0 Å². The van der Waals surface area contributed by atoms with Crippen molar-refractivity contribution in [2.75, 3.05) is 32.6 Å². The number of hydrogen-bond donors (Lipinski definition) is 2. The molecule has 1 unspecified atom stereocenters. The van der Waals surface area contributed by atoms with E-state index in [1.165, 1.54) is 0 Å². The molecule has 8 nitrogen and oxygen atoms in total. The van der Waals surface area contributed by atoms with Gasteiger partial charge in [0, 0.05) is 25.2 Å². The predicted octanol–water partition coefficient (Wildman–Crippen LogP) is 1.82. The third kappa shape index (κ3) is 3.91. The van der Waals surface area contributed by atoms with Gasteiger partial charge in [-0.2, -0.15) is 5.10 Å². The maximum Gasteiger partial charge on any atom is 0.323 e. The summed E-state index contributed by atoms with van der Waals surface area (Å²) in [6.45, 7) is 3.65. The molecule has 1 aromatic carbocycles. The van der Waals surface area contributed by atoms with Gasteiger partial charge in [0.1, 0.15) is 5.82 Å². The topological polar surface area (TPSA) is 94.6 Å². The number of carbonyl (C=O) groups excluding carboxylic acids is 1. The zero-order chi connectivity index (χ0) is 18.7. The molecular formula is C18H25N5O3. The van der Waals surface area contributed by atoms with Crippen molar-refractivity contribution in [3.8, 4) is 11.5 Å². The van der Waals surface area contributed by atoms with E-state index >= 15 is 0 Å². The molecular weight excluding hydrogens is 334 g/mol. The minimum absolute atomic E-state index is 0.0548. The number of rotatable bonds is 5. The average Bonchev–Trinajstić information content (AvgIpc) is 3.20. The summed E-state index contributed by atoms with van der Waals surface area (Å²) in [6, 6.07) is 7.47. The SMILES string of the molecule is COc1ccc(Cn2nc(C)cc2NC(=O)N2CCC(N)C2)cc1OC. The van der Waals surface area contributed by atoms with E-state index in [0.29, 0.717) is 37.0 Å². The van der Waals surface area contributed by atoms with Crippen molar-refractivity contribution < 1.29 is 14.3 Å². The fourth-order valence-electron chi connectivity index (χ4n) is 3.08. The molecule has 140 valence electrons. The lowest BCUT2D eigenvalue weighted by molar-refractivity contribution is 0.222. The number of urea groups is 1. The van der Waals surface area contributed by atoms with Crippen LogP contribution in [0, 0.1) is 6.92 Å². The Kier molecular flexibility index (Phi) is 5.32. The Hall–Kier alpha value is -2.74. The fraction of sp³-hybridized carbons (Fsp3) is 0.444. The lowest BCUT2D eigenvalue weighted by Crippen LogP contribution is -2.35. The van der Waals surface area contributed by atoms with Gasteiger partial charge in [0.25, 0.3) is 0 Å². The summed E-state index contributed by atoms with van der Waals surface area (Å²) in [7, 11) is 3.21. The zero-order valence-electron chi connectivity index (χ0n) is 15.4. The molecule has 2 amide bonds.